The Hall–Kier alpha value is -4.20. The summed E-state index contributed by atoms with van der Waals surface area (Å²) in [6.07, 6.45) is -4.42. The fourth-order valence-corrected chi connectivity index (χ4v) is 3.52. The first-order valence-corrected chi connectivity index (χ1v) is 10.1. The molecule has 0 aliphatic carbocycles. The van der Waals surface area contributed by atoms with Crippen molar-refractivity contribution in [1.29, 1.82) is 0 Å². The van der Waals surface area contributed by atoms with Crippen molar-refractivity contribution in [1.82, 2.24) is 19.6 Å². The van der Waals surface area contributed by atoms with Gasteiger partial charge in [-0.2, -0.15) is 22.8 Å². The predicted molar refractivity (Wildman–Crippen MR) is 119 cm³/mol. The number of methoxy groups -OCH3 is 1. The first-order chi connectivity index (χ1) is 15.9. The summed E-state index contributed by atoms with van der Waals surface area (Å²) < 4.78 is 46.0. The van der Waals surface area contributed by atoms with Gasteiger partial charge in [0.1, 0.15) is 5.75 Å². The Kier molecular flexibility index (Phi) is 5.05. The van der Waals surface area contributed by atoms with Crippen LogP contribution in [0.15, 0.2) is 84.9 Å². The summed E-state index contributed by atoms with van der Waals surface area (Å²) in [5.74, 6) is 1.53. The summed E-state index contributed by atoms with van der Waals surface area (Å²) in [5.41, 5.74) is 2.54. The van der Waals surface area contributed by atoms with Gasteiger partial charge in [0.05, 0.1) is 18.4 Å². The molecule has 164 valence electrons. The molecule has 2 aromatic heterocycles. The zero-order valence-electron chi connectivity index (χ0n) is 17.4. The average Bonchev–Trinajstić information content (AvgIpc) is 3.28. The van der Waals surface area contributed by atoms with E-state index in [1.165, 1.54) is 12.1 Å². The normalized spacial score (nSPS) is 11.6. The van der Waals surface area contributed by atoms with Gasteiger partial charge in [-0.1, -0.05) is 54.6 Å². The van der Waals surface area contributed by atoms with Gasteiger partial charge in [0.15, 0.2) is 17.3 Å². The van der Waals surface area contributed by atoms with Crippen LogP contribution in [0.3, 0.4) is 0 Å². The smallest absolute Gasteiger partial charge is 0.416 e. The van der Waals surface area contributed by atoms with Gasteiger partial charge >= 0.3 is 6.18 Å². The summed E-state index contributed by atoms with van der Waals surface area (Å²) >= 11 is 0. The van der Waals surface area contributed by atoms with Crippen LogP contribution in [0.2, 0.25) is 0 Å². The number of hydrogen-bond donors (Lipinski definition) is 0. The first-order valence-electron chi connectivity index (χ1n) is 10.1. The Morgan fingerprint density at radius 3 is 2.18 bits per heavy atom. The van der Waals surface area contributed by atoms with E-state index in [1.54, 1.807) is 11.6 Å². The van der Waals surface area contributed by atoms with Crippen LogP contribution in [0.4, 0.5) is 13.2 Å². The van der Waals surface area contributed by atoms with Gasteiger partial charge in [-0.15, -0.1) is 0 Å². The van der Waals surface area contributed by atoms with Gasteiger partial charge in [-0.25, -0.2) is 9.97 Å². The van der Waals surface area contributed by atoms with Crippen molar-refractivity contribution in [2.75, 3.05) is 7.11 Å². The van der Waals surface area contributed by atoms with Crippen LogP contribution in [0.25, 0.3) is 39.7 Å². The van der Waals surface area contributed by atoms with Gasteiger partial charge < -0.3 is 4.74 Å². The molecule has 0 atom stereocenters. The fourth-order valence-electron chi connectivity index (χ4n) is 3.52. The van der Waals surface area contributed by atoms with Crippen molar-refractivity contribution in [3.05, 3.63) is 90.5 Å². The van der Waals surface area contributed by atoms with Crippen LogP contribution in [-0.4, -0.2) is 26.7 Å². The Bertz CT molecular complexity index is 1430. The number of aromatic nitrogens is 4. The van der Waals surface area contributed by atoms with E-state index in [0.717, 1.165) is 23.3 Å². The van der Waals surface area contributed by atoms with Crippen molar-refractivity contribution in [3.8, 4) is 39.8 Å². The Morgan fingerprint density at radius 2 is 1.48 bits per heavy atom. The molecule has 0 spiro atoms. The number of ether oxygens (including phenoxy) is 1. The van der Waals surface area contributed by atoms with Crippen LogP contribution in [0, 0.1) is 0 Å². The monoisotopic (exact) mass is 446 g/mol. The lowest BCUT2D eigenvalue weighted by atomic mass is 10.1. The molecular formula is C25H17F3N4O. The average molecular weight is 446 g/mol. The predicted octanol–water partition coefficient (Wildman–Crippen LogP) is 6.15. The minimum atomic E-state index is -4.42. The third kappa shape index (κ3) is 4.03. The second kappa shape index (κ2) is 8.05. The third-order valence-corrected chi connectivity index (χ3v) is 5.19. The minimum absolute atomic E-state index is 0.390. The number of fused-ring (bicyclic) bond motifs is 1. The molecule has 5 aromatic rings. The number of rotatable bonds is 4. The Labute approximate surface area is 187 Å². The number of halogens is 3. The molecule has 5 rings (SSSR count). The van der Waals surface area contributed by atoms with E-state index in [-0.39, 0.29) is 0 Å². The molecule has 5 nitrogen and oxygen atoms in total. The maximum absolute atomic E-state index is 13.1. The van der Waals surface area contributed by atoms with E-state index in [1.807, 2.05) is 60.7 Å². The van der Waals surface area contributed by atoms with E-state index in [9.17, 15) is 13.2 Å². The van der Waals surface area contributed by atoms with Crippen molar-refractivity contribution in [3.63, 3.8) is 0 Å². The lowest BCUT2D eigenvalue weighted by molar-refractivity contribution is -0.137. The van der Waals surface area contributed by atoms with Crippen LogP contribution in [-0.2, 0) is 6.18 Å². The molecule has 3 aromatic carbocycles. The number of hydrogen-bond acceptors (Lipinski definition) is 4. The van der Waals surface area contributed by atoms with Crippen LogP contribution >= 0.6 is 0 Å². The molecule has 2 heterocycles. The maximum Gasteiger partial charge on any atom is 0.416 e. The number of benzene rings is 3. The van der Waals surface area contributed by atoms with Crippen LogP contribution < -0.4 is 4.74 Å². The van der Waals surface area contributed by atoms with E-state index >= 15 is 0 Å². The zero-order chi connectivity index (χ0) is 23.0. The van der Waals surface area contributed by atoms with Gasteiger partial charge in [-0.3, -0.25) is 0 Å². The van der Waals surface area contributed by atoms with Crippen molar-refractivity contribution in [2.24, 2.45) is 0 Å². The molecule has 0 bridgehead atoms. The standard InChI is InChI=1S/C25H17F3N4O/c1-33-20-9-5-8-18(14-20)21-15-22-29-23(16-6-3-2-4-7-16)30-24(32(22)31-21)17-10-12-19(13-11-17)25(26,27)28/h2-15H,1H3. The summed E-state index contributed by atoms with van der Waals surface area (Å²) in [5, 5.41) is 4.65. The van der Waals surface area contributed by atoms with Gasteiger partial charge in [-0.05, 0) is 24.3 Å². The first kappa shape index (κ1) is 20.7. The maximum atomic E-state index is 13.1. The topological polar surface area (TPSA) is 52.3 Å². The minimum Gasteiger partial charge on any atom is -0.497 e. The lowest BCUT2D eigenvalue weighted by Crippen LogP contribution is -2.05. The number of alkyl halides is 3. The van der Waals surface area contributed by atoms with Gasteiger partial charge in [0, 0.05) is 22.8 Å². The Balaban J connectivity index is 1.71. The molecule has 0 aliphatic heterocycles. The SMILES string of the molecule is COc1cccc(-c2cc3nc(-c4ccccc4)nc(-c4ccc(C(F)(F)F)cc4)n3n2)c1. The largest absolute Gasteiger partial charge is 0.497 e. The molecule has 0 unspecified atom stereocenters. The second-order valence-electron chi connectivity index (χ2n) is 7.34. The molecule has 0 saturated heterocycles. The van der Waals surface area contributed by atoms with E-state index in [4.69, 9.17) is 4.74 Å². The summed E-state index contributed by atoms with van der Waals surface area (Å²) in [6.45, 7) is 0. The molecule has 33 heavy (non-hydrogen) atoms. The highest BCUT2D eigenvalue weighted by Crippen LogP contribution is 2.32. The number of nitrogens with zero attached hydrogens (tertiary/aromatic N) is 4. The van der Waals surface area contributed by atoms with Crippen molar-refractivity contribution in [2.45, 2.75) is 6.18 Å². The molecule has 0 aliphatic rings. The van der Waals surface area contributed by atoms with E-state index in [2.05, 4.69) is 15.1 Å². The molecule has 0 N–H and O–H groups in total. The van der Waals surface area contributed by atoms with Gasteiger partial charge in [0.2, 0.25) is 0 Å². The summed E-state index contributed by atoms with van der Waals surface area (Å²) in [7, 11) is 1.59. The van der Waals surface area contributed by atoms with E-state index in [0.29, 0.717) is 34.3 Å². The molecule has 0 saturated carbocycles. The van der Waals surface area contributed by atoms with Gasteiger partial charge in [0.25, 0.3) is 0 Å². The molecule has 8 heteroatoms. The summed E-state index contributed by atoms with van der Waals surface area (Å²) in [4.78, 5) is 9.31. The summed E-state index contributed by atoms with van der Waals surface area (Å²) in [6, 6.07) is 23.5. The molecule has 0 amide bonds. The highest BCUT2D eigenvalue weighted by molar-refractivity contribution is 5.70. The van der Waals surface area contributed by atoms with Crippen molar-refractivity contribution >= 4 is 5.65 Å². The fraction of sp³-hybridized carbons (Fsp3) is 0.0800. The highest BCUT2D eigenvalue weighted by Gasteiger charge is 2.30. The Morgan fingerprint density at radius 1 is 0.758 bits per heavy atom. The highest BCUT2D eigenvalue weighted by atomic mass is 19.4. The second-order valence-corrected chi connectivity index (χ2v) is 7.34. The lowest BCUT2D eigenvalue weighted by Gasteiger charge is -2.10. The third-order valence-electron chi connectivity index (χ3n) is 5.19. The molecule has 0 radical (unpaired) electrons. The van der Waals surface area contributed by atoms with Crippen LogP contribution in [0.5, 0.6) is 5.75 Å². The molecular weight excluding hydrogens is 429 g/mol. The zero-order valence-corrected chi connectivity index (χ0v) is 17.4. The molecule has 0 fully saturated rings. The quantitative estimate of drug-likeness (QED) is 0.332. The van der Waals surface area contributed by atoms with Crippen molar-refractivity contribution < 1.29 is 17.9 Å². The van der Waals surface area contributed by atoms with E-state index < -0.39 is 11.7 Å². The van der Waals surface area contributed by atoms with Crippen LogP contribution in [0.1, 0.15) is 5.56 Å².